The first-order valence-electron chi connectivity index (χ1n) is 15.6. The first kappa shape index (κ1) is 27.5. The summed E-state index contributed by atoms with van der Waals surface area (Å²) in [7, 11) is 0. The number of hydrogen-bond donors (Lipinski definition) is 1. The maximum Gasteiger partial charge on any atom is 0.259 e. The van der Waals surface area contributed by atoms with E-state index in [1.54, 1.807) is 0 Å². The van der Waals surface area contributed by atoms with Gasteiger partial charge in [0.1, 0.15) is 11.4 Å². The Labute approximate surface area is 275 Å². The molecular formula is C40H26N8. The fraction of sp³-hybridized carbons (Fsp3) is 0. The molecule has 0 spiro atoms. The van der Waals surface area contributed by atoms with Crippen molar-refractivity contribution in [1.29, 1.82) is 0 Å². The Morgan fingerprint density at radius 3 is 1.88 bits per heavy atom. The summed E-state index contributed by atoms with van der Waals surface area (Å²) >= 11 is 0. The lowest BCUT2D eigenvalue weighted by molar-refractivity contribution is 1.07. The molecule has 0 unspecified atom stereocenters. The fourth-order valence-electron chi connectivity index (χ4n) is 6.17. The van der Waals surface area contributed by atoms with Crippen LogP contribution in [0.3, 0.4) is 0 Å². The van der Waals surface area contributed by atoms with Gasteiger partial charge in [-0.3, -0.25) is 4.57 Å². The Bertz CT molecular complexity index is 2530. The number of nitrogens with one attached hydrogen (secondary N) is 1. The molecule has 0 saturated carbocycles. The van der Waals surface area contributed by atoms with Crippen LogP contribution in [0.15, 0.2) is 145 Å². The lowest BCUT2D eigenvalue weighted by Gasteiger charge is -2.10. The van der Waals surface area contributed by atoms with Gasteiger partial charge < -0.3 is 4.98 Å². The van der Waals surface area contributed by atoms with Gasteiger partial charge in [0.2, 0.25) is 0 Å². The summed E-state index contributed by atoms with van der Waals surface area (Å²) in [5.74, 6) is 0.649. The average molecular weight is 619 g/mol. The Morgan fingerprint density at radius 2 is 1.17 bits per heavy atom. The molecule has 8 heteroatoms. The van der Waals surface area contributed by atoms with Gasteiger partial charge in [0.15, 0.2) is 5.65 Å². The molecule has 5 heterocycles. The fourth-order valence-corrected chi connectivity index (χ4v) is 6.17. The van der Waals surface area contributed by atoms with Crippen molar-refractivity contribution in [1.82, 2.24) is 34.7 Å². The molecule has 226 valence electrons. The summed E-state index contributed by atoms with van der Waals surface area (Å²) in [5.41, 5.74) is 11.2. The molecule has 0 atom stereocenters. The van der Waals surface area contributed by atoms with Crippen molar-refractivity contribution >= 4 is 46.3 Å². The molecule has 7 aromatic rings. The van der Waals surface area contributed by atoms with Crippen molar-refractivity contribution in [2.24, 2.45) is 4.99 Å². The zero-order chi connectivity index (χ0) is 31.9. The number of aliphatic imine (C=N–C) groups is 1. The SMILES string of the molecule is C1=Cc2cc3nnc(nc4nc(c(-c5ccccc5)c5[nH]c(cc1n2)cc5-c1ccccc1)C(c1ccccc1)=N4)n3-c1ccccc1. The van der Waals surface area contributed by atoms with Gasteiger partial charge in [-0.25, -0.2) is 15.0 Å². The number of benzene rings is 4. The van der Waals surface area contributed by atoms with E-state index in [-0.39, 0.29) is 5.95 Å². The minimum absolute atomic E-state index is 0.286. The summed E-state index contributed by atoms with van der Waals surface area (Å²) in [6.45, 7) is 0. The van der Waals surface area contributed by atoms with Crippen LogP contribution in [0.4, 0.5) is 5.95 Å². The molecule has 0 fully saturated rings. The van der Waals surface area contributed by atoms with Crippen molar-refractivity contribution in [3.63, 3.8) is 0 Å². The second-order valence-corrected chi connectivity index (χ2v) is 11.4. The van der Waals surface area contributed by atoms with Crippen LogP contribution >= 0.6 is 0 Å². The van der Waals surface area contributed by atoms with Crippen molar-refractivity contribution in [3.05, 3.63) is 162 Å². The van der Waals surface area contributed by atoms with Crippen molar-refractivity contribution < 1.29 is 0 Å². The van der Waals surface area contributed by atoms with E-state index in [4.69, 9.17) is 19.9 Å². The number of aromatic amines is 1. The van der Waals surface area contributed by atoms with E-state index in [1.165, 1.54) is 0 Å². The molecule has 0 radical (unpaired) electrons. The first-order valence-corrected chi connectivity index (χ1v) is 15.6. The van der Waals surface area contributed by atoms with Crippen LogP contribution in [-0.4, -0.2) is 40.4 Å². The molecule has 0 aliphatic carbocycles. The molecular weight excluding hydrogens is 592 g/mol. The Kier molecular flexibility index (Phi) is 6.61. The third-order valence-corrected chi connectivity index (χ3v) is 8.32. The zero-order valence-corrected chi connectivity index (χ0v) is 25.6. The van der Waals surface area contributed by atoms with E-state index in [9.17, 15) is 0 Å². The standard InChI is InChI=1S/C40H26N8/c1-5-13-26(14-6-1)33-24-31-23-29-21-22-30(41-29)25-34-46-47-40(48(34)32-19-11-4-12-20-32)45-39-43-36(28-17-9-3-10-18-28)38(44-39)35(37(33)42-31)27-15-7-2-8-16-27/h1-25,42H. The molecule has 2 aliphatic rings. The highest BCUT2D eigenvalue weighted by Crippen LogP contribution is 2.37. The van der Waals surface area contributed by atoms with Crippen LogP contribution in [0.1, 0.15) is 22.6 Å². The smallest absolute Gasteiger partial charge is 0.259 e. The number of H-pyrrole nitrogens is 1. The molecule has 4 aromatic carbocycles. The highest BCUT2D eigenvalue weighted by atomic mass is 15.3. The minimum atomic E-state index is 0.286. The molecule has 3 aromatic heterocycles. The lowest BCUT2D eigenvalue weighted by atomic mass is 9.95. The van der Waals surface area contributed by atoms with Gasteiger partial charge in [-0.05, 0) is 47.5 Å². The van der Waals surface area contributed by atoms with E-state index < -0.39 is 0 Å². The second kappa shape index (κ2) is 11.5. The third kappa shape index (κ3) is 4.98. The molecule has 0 amide bonds. The van der Waals surface area contributed by atoms with Crippen LogP contribution in [0.5, 0.6) is 0 Å². The molecule has 8 bridgehead atoms. The summed E-state index contributed by atoms with van der Waals surface area (Å²) in [6.07, 6.45) is 3.98. The van der Waals surface area contributed by atoms with Crippen molar-refractivity contribution in [3.8, 4) is 27.9 Å². The van der Waals surface area contributed by atoms with Gasteiger partial charge >= 0.3 is 0 Å². The summed E-state index contributed by atoms with van der Waals surface area (Å²) in [5, 5.41) is 9.03. The van der Waals surface area contributed by atoms with E-state index in [1.807, 2.05) is 108 Å². The lowest BCUT2D eigenvalue weighted by Crippen LogP contribution is -2.03. The normalized spacial score (nSPS) is 12.2. The molecule has 48 heavy (non-hydrogen) atoms. The number of para-hydroxylation sites is 1. The number of fused-ring (bicyclic) bond motifs is 8. The minimum Gasteiger partial charge on any atom is -0.354 e. The van der Waals surface area contributed by atoms with E-state index in [0.717, 1.165) is 61.6 Å². The topological polar surface area (TPSA) is 97.5 Å². The second-order valence-electron chi connectivity index (χ2n) is 11.4. The predicted molar refractivity (Wildman–Crippen MR) is 191 cm³/mol. The van der Waals surface area contributed by atoms with Gasteiger partial charge in [-0.1, -0.05) is 109 Å². The van der Waals surface area contributed by atoms with Crippen molar-refractivity contribution in [2.75, 3.05) is 0 Å². The summed E-state index contributed by atoms with van der Waals surface area (Å²) in [4.78, 5) is 23.8. The number of hydrogen-bond acceptors (Lipinski definition) is 6. The maximum absolute atomic E-state index is 5.17. The van der Waals surface area contributed by atoms with Gasteiger partial charge in [-0.15, -0.1) is 10.2 Å². The van der Waals surface area contributed by atoms with E-state index in [0.29, 0.717) is 17.1 Å². The largest absolute Gasteiger partial charge is 0.354 e. The Morgan fingerprint density at radius 1 is 0.542 bits per heavy atom. The first-order chi connectivity index (χ1) is 23.8. The van der Waals surface area contributed by atoms with Crippen LogP contribution < -0.4 is 0 Å². The van der Waals surface area contributed by atoms with Crippen LogP contribution in [-0.2, 0) is 0 Å². The number of aromatic nitrogens is 7. The average Bonchev–Trinajstić information content (AvgIpc) is 3.94. The van der Waals surface area contributed by atoms with Crippen LogP contribution in [0, 0.1) is 0 Å². The Balaban J connectivity index is 1.48. The van der Waals surface area contributed by atoms with Gasteiger partial charge in [0, 0.05) is 28.3 Å². The van der Waals surface area contributed by atoms with E-state index in [2.05, 4.69) is 63.7 Å². The molecule has 1 N–H and O–H groups in total. The monoisotopic (exact) mass is 618 g/mol. The molecule has 0 saturated heterocycles. The Hall–Kier alpha value is -6.80. The third-order valence-electron chi connectivity index (χ3n) is 8.32. The maximum atomic E-state index is 5.17. The molecule has 2 aliphatic heterocycles. The van der Waals surface area contributed by atoms with Gasteiger partial charge in [0.25, 0.3) is 11.7 Å². The highest BCUT2D eigenvalue weighted by Gasteiger charge is 2.23. The quantitative estimate of drug-likeness (QED) is 0.213. The summed E-state index contributed by atoms with van der Waals surface area (Å²) < 4.78 is 1.90. The summed E-state index contributed by atoms with van der Waals surface area (Å²) in [6, 6.07) is 46.9. The van der Waals surface area contributed by atoms with Crippen molar-refractivity contribution in [2.45, 2.75) is 0 Å². The van der Waals surface area contributed by atoms with Gasteiger partial charge in [0.05, 0.1) is 22.6 Å². The number of nitrogens with zero attached hydrogens (tertiary/aromatic N) is 7. The highest BCUT2D eigenvalue weighted by molar-refractivity contribution is 6.19. The number of rotatable bonds is 4. The zero-order valence-electron chi connectivity index (χ0n) is 25.6. The van der Waals surface area contributed by atoms with Crippen LogP contribution in [0.25, 0.3) is 62.6 Å². The van der Waals surface area contributed by atoms with E-state index >= 15 is 0 Å². The van der Waals surface area contributed by atoms with Gasteiger partial charge in [-0.2, -0.15) is 4.98 Å². The predicted octanol–water partition coefficient (Wildman–Crippen LogP) is 8.64. The molecule has 8 nitrogen and oxygen atoms in total. The molecule has 9 rings (SSSR count). The van der Waals surface area contributed by atoms with Crippen LogP contribution in [0.2, 0.25) is 0 Å².